The maximum Gasteiger partial charge on any atom is 0.144 e. The van der Waals surface area contributed by atoms with Gasteiger partial charge in [0, 0.05) is 21.9 Å². The lowest BCUT2D eigenvalue weighted by Gasteiger charge is -2.02. The van der Waals surface area contributed by atoms with Gasteiger partial charge in [0.2, 0.25) is 0 Å². The molecule has 0 spiro atoms. The lowest BCUT2D eigenvalue weighted by molar-refractivity contribution is 1.16. The van der Waals surface area contributed by atoms with Crippen molar-refractivity contribution in [3.8, 4) is 11.4 Å². The van der Waals surface area contributed by atoms with Gasteiger partial charge >= 0.3 is 0 Å². The Morgan fingerprint density at radius 1 is 1.18 bits per heavy atom. The molecule has 2 aromatic heterocycles. The van der Waals surface area contributed by atoms with E-state index in [4.69, 9.17) is 5.73 Å². The molecule has 0 aliphatic carbocycles. The van der Waals surface area contributed by atoms with Crippen LogP contribution in [0.2, 0.25) is 0 Å². The van der Waals surface area contributed by atoms with Crippen LogP contribution < -0.4 is 5.73 Å². The van der Waals surface area contributed by atoms with Gasteiger partial charge in [0.15, 0.2) is 0 Å². The van der Waals surface area contributed by atoms with Crippen molar-refractivity contribution >= 4 is 27.1 Å². The third-order valence-electron chi connectivity index (χ3n) is 2.64. The summed E-state index contributed by atoms with van der Waals surface area (Å²) in [4.78, 5) is 4.43. The van der Waals surface area contributed by atoms with Gasteiger partial charge in [-0.3, -0.25) is 4.40 Å². The number of hydrogen-bond acceptors (Lipinski definition) is 2. The van der Waals surface area contributed by atoms with Crippen LogP contribution in [0.3, 0.4) is 0 Å². The average Bonchev–Trinajstić information content (AvgIpc) is 2.71. The molecule has 2 N–H and O–H groups in total. The van der Waals surface area contributed by atoms with Gasteiger partial charge in [-0.2, -0.15) is 0 Å². The van der Waals surface area contributed by atoms with Crippen molar-refractivity contribution in [2.24, 2.45) is 0 Å². The van der Waals surface area contributed by atoms with Crippen molar-refractivity contribution in [1.82, 2.24) is 9.38 Å². The van der Waals surface area contributed by atoms with Gasteiger partial charge < -0.3 is 5.73 Å². The quantitative estimate of drug-likeness (QED) is 0.746. The highest BCUT2D eigenvalue weighted by Gasteiger charge is 2.06. The van der Waals surface area contributed by atoms with Crippen LogP contribution in [0, 0.1) is 0 Å². The maximum absolute atomic E-state index is 5.75. The highest BCUT2D eigenvalue weighted by Crippen LogP contribution is 2.23. The van der Waals surface area contributed by atoms with Gasteiger partial charge in [0.05, 0.1) is 11.7 Å². The third-order valence-corrected chi connectivity index (χ3v) is 3.13. The van der Waals surface area contributed by atoms with E-state index in [0.29, 0.717) is 0 Å². The largest absolute Gasteiger partial charge is 0.399 e. The fourth-order valence-electron chi connectivity index (χ4n) is 1.86. The van der Waals surface area contributed by atoms with E-state index in [9.17, 15) is 0 Å². The number of anilines is 1. The molecule has 0 bridgehead atoms. The second kappa shape index (κ2) is 3.89. The number of rotatable bonds is 1. The van der Waals surface area contributed by atoms with Crippen molar-refractivity contribution in [3.05, 3.63) is 53.3 Å². The van der Waals surface area contributed by atoms with Crippen LogP contribution >= 0.6 is 15.9 Å². The first-order chi connectivity index (χ1) is 8.24. The first-order valence-corrected chi connectivity index (χ1v) is 6.02. The Hall–Kier alpha value is -1.81. The summed E-state index contributed by atoms with van der Waals surface area (Å²) in [5.74, 6) is 0.918. The molecule has 0 saturated heterocycles. The molecule has 1 aromatic carbocycles. The summed E-state index contributed by atoms with van der Waals surface area (Å²) in [6, 6.07) is 11.9. The number of imidazole rings is 1. The number of fused-ring (bicyclic) bond motifs is 1. The van der Waals surface area contributed by atoms with Crippen LogP contribution in [0.25, 0.3) is 16.9 Å². The highest BCUT2D eigenvalue weighted by molar-refractivity contribution is 9.10. The first-order valence-electron chi connectivity index (χ1n) is 5.22. The van der Waals surface area contributed by atoms with Crippen molar-refractivity contribution in [3.63, 3.8) is 0 Å². The number of benzene rings is 1. The molecule has 0 atom stereocenters. The summed E-state index contributed by atoms with van der Waals surface area (Å²) >= 11 is 3.47. The summed E-state index contributed by atoms with van der Waals surface area (Å²) in [6.07, 6.45) is 3.76. The number of aromatic nitrogens is 2. The Kier molecular flexibility index (Phi) is 2.37. The minimum Gasteiger partial charge on any atom is -0.399 e. The summed E-state index contributed by atoms with van der Waals surface area (Å²) in [5.41, 5.74) is 8.57. The lowest BCUT2D eigenvalue weighted by Crippen LogP contribution is -1.91. The first kappa shape index (κ1) is 10.4. The fourth-order valence-corrected chi connectivity index (χ4v) is 2.26. The number of nitrogens with two attached hydrogens (primary N) is 1. The molecular formula is C13H10BrN3. The number of pyridine rings is 1. The normalized spacial score (nSPS) is 10.9. The zero-order valence-electron chi connectivity index (χ0n) is 8.97. The zero-order chi connectivity index (χ0) is 11.8. The van der Waals surface area contributed by atoms with Gasteiger partial charge in [-0.1, -0.05) is 28.1 Å². The molecule has 2 heterocycles. The van der Waals surface area contributed by atoms with E-state index in [1.807, 2.05) is 53.2 Å². The Morgan fingerprint density at radius 3 is 2.88 bits per heavy atom. The molecule has 3 nitrogen and oxygen atoms in total. The molecule has 17 heavy (non-hydrogen) atoms. The monoisotopic (exact) mass is 287 g/mol. The van der Waals surface area contributed by atoms with Gasteiger partial charge in [0.1, 0.15) is 5.82 Å². The van der Waals surface area contributed by atoms with Gasteiger partial charge in [0.25, 0.3) is 0 Å². The van der Waals surface area contributed by atoms with Crippen molar-refractivity contribution in [2.45, 2.75) is 0 Å². The smallest absolute Gasteiger partial charge is 0.144 e. The van der Waals surface area contributed by atoms with Crippen LogP contribution in [-0.2, 0) is 0 Å². The zero-order valence-corrected chi connectivity index (χ0v) is 10.6. The number of nitrogens with zero attached hydrogens (tertiary/aromatic N) is 2. The van der Waals surface area contributed by atoms with E-state index in [2.05, 4.69) is 20.9 Å². The summed E-state index contributed by atoms with van der Waals surface area (Å²) in [6.45, 7) is 0. The highest BCUT2D eigenvalue weighted by atomic mass is 79.9. The molecule has 0 saturated carbocycles. The summed E-state index contributed by atoms with van der Waals surface area (Å²) in [5, 5.41) is 0. The Bertz CT molecular complexity index is 688. The number of nitrogen functional groups attached to an aromatic ring is 1. The van der Waals surface area contributed by atoms with Crippen LogP contribution in [0.15, 0.2) is 53.3 Å². The van der Waals surface area contributed by atoms with Crippen LogP contribution in [-0.4, -0.2) is 9.38 Å². The van der Waals surface area contributed by atoms with E-state index >= 15 is 0 Å². The van der Waals surface area contributed by atoms with Gasteiger partial charge in [-0.25, -0.2) is 4.98 Å². The Labute approximate surface area is 107 Å². The van der Waals surface area contributed by atoms with E-state index in [1.54, 1.807) is 0 Å². The number of halogens is 1. The number of hydrogen-bond donors (Lipinski definition) is 1. The standard InChI is InChI=1S/C13H10BrN3/c14-10-3-1-2-9(6-10)13-16-8-12-7-11(15)4-5-17(12)13/h1-8H,15H2. The predicted molar refractivity (Wildman–Crippen MR) is 72.7 cm³/mol. The fraction of sp³-hybridized carbons (Fsp3) is 0. The summed E-state index contributed by atoms with van der Waals surface area (Å²) in [7, 11) is 0. The van der Waals surface area contributed by atoms with Crippen molar-refractivity contribution in [1.29, 1.82) is 0 Å². The van der Waals surface area contributed by atoms with E-state index in [1.165, 1.54) is 0 Å². The van der Waals surface area contributed by atoms with Crippen molar-refractivity contribution in [2.75, 3.05) is 5.73 Å². The molecule has 4 heteroatoms. The second-order valence-corrected chi connectivity index (χ2v) is 4.76. The van der Waals surface area contributed by atoms with E-state index < -0.39 is 0 Å². The molecule has 0 aliphatic rings. The Balaban J connectivity index is 2.24. The second-order valence-electron chi connectivity index (χ2n) is 3.85. The SMILES string of the molecule is Nc1ccn2c(-c3cccc(Br)c3)ncc2c1. The Morgan fingerprint density at radius 2 is 2.06 bits per heavy atom. The lowest BCUT2D eigenvalue weighted by atomic mass is 10.2. The minimum absolute atomic E-state index is 0.748. The molecule has 0 aliphatic heterocycles. The van der Waals surface area contributed by atoms with Crippen LogP contribution in [0.1, 0.15) is 0 Å². The molecule has 0 fully saturated rings. The maximum atomic E-state index is 5.75. The third kappa shape index (κ3) is 1.80. The summed E-state index contributed by atoms with van der Waals surface area (Å²) < 4.78 is 3.07. The molecular weight excluding hydrogens is 278 g/mol. The minimum atomic E-state index is 0.748. The van der Waals surface area contributed by atoms with E-state index in [0.717, 1.165) is 27.1 Å². The average molecular weight is 288 g/mol. The molecule has 84 valence electrons. The van der Waals surface area contributed by atoms with Crippen molar-refractivity contribution < 1.29 is 0 Å². The van der Waals surface area contributed by atoms with E-state index in [-0.39, 0.29) is 0 Å². The molecule has 0 radical (unpaired) electrons. The molecule has 3 aromatic rings. The van der Waals surface area contributed by atoms with Crippen LogP contribution in [0.5, 0.6) is 0 Å². The molecule has 3 rings (SSSR count). The molecule has 0 amide bonds. The topological polar surface area (TPSA) is 43.3 Å². The van der Waals surface area contributed by atoms with Gasteiger partial charge in [-0.15, -0.1) is 0 Å². The molecule has 0 unspecified atom stereocenters. The van der Waals surface area contributed by atoms with Crippen LogP contribution in [0.4, 0.5) is 5.69 Å². The predicted octanol–water partition coefficient (Wildman–Crippen LogP) is 3.35. The van der Waals surface area contributed by atoms with Gasteiger partial charge in [-0.05, 0) is 24.3 Å².